The number of nitrogens with one attached hydrogen (secondary N) is 1. The molecule has 0 saturated heterocycles. The van der Waals surface area contributed by atoms with Gasteiger partial charge < -0.3 is 14.5 Å². The van der Waals surface area contributed by atoms with Crippen LogP contribution >= 0.6 is 11.3 Å². The zero-order chi connectivity index (χ0) is 15.4. The Morgan fingerprint density at radius 2 is 2.14 bits per heavy atom. The maximum atomic E-state index is 6.09. The molecule has 22 heavy (non-hydrogen) atoms. The summed E-state index contributed by atoms with van der Waals surface area (Å²) in [7, 11) is 1.99. The topological polar surface area (TPSA) is 34.4 Å². The molecule has 1 aromatic carbocycles. The van der Waals surface area contributed by atoms with Gasteiger partial charge in [0.15, 0.2) is 11.3 Å². The number of benzene rings is 1. The highest BCUT2D eigenvalue weighted by molar-refractivity contribution is 7.12. The van der Waals surface area contributed by atoms with Gasteiger partial charge >= 0.3 is 0 Å². The number of para-hydroxylation sites is 1. The number of hydrogen-bond acceptors (Lipinski definition) is 4. The second-order valence-corrected chi connectivity index (χ2v) is 6.76. The van der Waals surface area contributed by atoms with E-state index in [0.717, 1.165) is 29.7 Å². The minimum atomic E-state index is 0.399. The molecule has 0 aliphatic carbocycles. The molecule has 2 aromatic heterocycles. The average molecular weight is 315 g/mol. The molecule has 3 rings (SSSR count). The molecule has 0 amide bonds. The van der Waals surface area contributed by atoms with Crippen LogP contribution in [0, 0.1) is 6.92 Å². The maximum absolute atomic E-state index is 6.09. The van der Waals surface area contributed by atoms with E-state index in [-0.39, 0.29) is 0 Å². The van der Waals surface area contributed by atoms with E-state index in [4.69, 9.17) is 9.15 Å². The summed E-state index contributed by atoms with van der Waals surface area (Å²) in [5, 5.41) is 4.31. The molecule has 3 nitrogen and oxygen atoms in total. The summed E-state index contributed by atoms with van der Waals surface area (Å²) in [6, 6.07) is 12.4. The molecule has 0 radical (unpaired) electrons. The number of furan rings is 1. The van der Waals surface area contributed by atoms with Crippen molar-refractivity contribution in [3.63, 3.8) is 0 Å². The van der Waals surface area contributed by atoms with Crippen molar-refractivity contribution >= 4 is 22.3 Å². The SMILES string of the molecule is CNCC[C@H](COc1cccc2ccoc12)c1ccc(C)s1. The fraction of sp³-hybridized carbons (Fsp3) is 0.333. The largest absolute Gasteiger partial charge is 0.489 e. The van der Waals surface area contributed by atoms with Gasteiger partial charge in [0.2, 0.25) is 0 Å². The van der Waals surface area contributed by atoms with Gasteiger partial charge in [-0.05, 0) is 51.2 Å². The molecule has 1 N–H and O–H groups in total. The first kappa shape index (κ1) is 15.1. The van der Waals surface area contributed by atoms with Crippen LogP contribution in [0.5, 0.6) is 5.75 Å². The van der Waals surface area contributed by atoms with Crippen molar-refractivity contribution in [3.05, 3.63) is 52.4 Å². The molecule has 1 atom stereocenters. The van der Waals surface area contributed by atoms with Gasteiger partial charge in [0.05, 0.1) is 12.9 Å². The van der Waals surface area contributed by atoms with Crippen LogP contribution in [0.15, 0.2) is 47.1 Å². The van der Waals surface area contributed by atoms with Gasteiger partial charge in [-0.2, -0.15) is 0 Å². The van der Waals surface area contributed by atoms with Crippen molar-refractivity contribution in [2.75, 3.05) is 20.2 Å². The molecule has 0 fully saturated rings. The second-order valence-electron chi connectivity index (χ2n) is 5.44. The molecule has 2 heterocycles. The Kier molecular flexibility index (Phi) is 4.80. The molecule has 0 saturated carbocycles. The van der Waals surface area contributed by atoms with Crippen molar-refractivity contribution in [1.29, 1.82) is 0 Å². The van der Waals surface area contributed by atoms with E-state index in [2.05, 4.69) is 24.4 Å². The van der Waals surface area contributed by atoms with E-state index in [1.807, 2.05) is 42.6 Å². The molecule has 0 bridgehead atoms. The quantitative estimate of drug-likeness (QED) is 0.693. The summed E-state index contributed by atoms with van der Waals surface area (Å²) >= 11 is 1.86. The minimum Gasteiger partial charge on any atom is -0.489 e. The molecule has 0 spiro atoms. The molecule has 116 valence electrons. The van der Waals surface area contributed by atoms with Gasteiger partial charge in [-0.15, -0.1) is 11.3 Å². The smallest absolute Gasteiger partial charge is 0.175 e. The first-order valence-electron chi connectivity index (χ1n) is 7.58. The van der Waals surface area contributed by atoms with Crippen LogP contribution in [-0.2, 0) is 0 Å². The normalized spacial score (nSPS) is 12.6. The molecule has 0 aliphatic heterocycles. The minimum absolute atomic E-state index is 0.399. The van der Waals surface area contributed by atoms with Gasteiger partial charge in [0.25, 0.3) is 0 Å². The fourth-order valence-corrected chi connectivity index (χ4v) is 3.57. The van der Waals surface area contributed by atoms with Crippen LogP contribution in [0.3, 0.4) is 0 Å². The lowest BCUT2D eigenvalue weighted by molar-refractivity contribution is 0.282. The van der Waals surface area contributed by atoms with Gasteiger partial charge in [-0.1, -0.05) is 12.1 Å². The first-order valence-corrected chi connectivity index (χ1v) is 8.39. The molecule has 3 aromatic rings. The van der Waals surface area contributed by atoms with E-state index in [1.165, 1.54) is 9.75 Å². The summed E-state index contributed by atoms with van der Waals surface area (Å²) in [4.78, 5) is 2.73. The van der Waals surface area contributed by atoms with Crippen LogP contribution in [-0.4, -0.2) is 20.2 Å². The highest BCUT2D eigenvalue weighted by Crippen LogP contribution is 2.30. The molecule has 0 aliphatic rings. The number of fused-ring (bicyclic) bond motifs is 1. The highest BCUT2D eigenvalue weighted by Gasteiger charge is 2.15. The summed E-state index contributed by atoms with van der Waals surface area (Å²) in [6.07, 6.45) is 2.77. The monoisotopic (exact) mass is 315 g/mol. The van der Waals surface area contributed by atoms with Crippen molar-refractivity contribution in [2.24, 2.45) is 0 Å². The Balaban J connectivity index is 1.74. The van der Waals surface area contributed by atoms with Gasteiger partial charge in [0.1, 0.15) is 0 Å². The van der Waals surface area contributed by atoms with Gasteiger partial charge in [0, 0.05) is 21.1 Å². The number of rotatable bonds is 7. The second kappa shape index (κ2) is 6.99. The zero-order valence-electron chi connectivity index (χ0n) is 13.0. The molecule has 4 heteroatoms. The lowest BCUT2D eigenvalue weighted by atomic mass is 10.0. The van der Waals surface area contributed by atoms with Crippen molar-refractivity contribution in [3.8, 4) is 5.75 Å². The predicted molar refractivity (Wildman–Crippen MR) is 92.0 cm³/mol. The van der Waals surface area contributed by atoms with Crippen molar-refractivity contribution < 1.29 is 9.15 Å². The molecule has 0 unspecified atom stereocenters. The summed E-state index contributed by atoms with van der Waals surface area (Å²) in [5.41, 5.74) is 0.831. The van der Waals surface area contributed by atoms with Crippen LogP contribution < -0.4 is 10.1 Å². The highest BCUT2D eigenvalue weighted by atomic mass is 32.1. The lowest BCUT2D eigenvalue weighted by Gasteiger charge is -2.16. The van der Waals surface area contributed by atoms with E-state index in [9.17, 15) is 0 Å². The van der Waals surface area contributed by atoms with Crippen LogP contribution in [0.1, 0.15) is 22.1 Å². The van der Waals surface area contributed by atoms with E-state index in [1.54, 1.807) is 6.26 Å². The number of ether oxygens (including phenoxy) is 1. The Hall–Kier alpha value is -1.78. The Morgan fingerprint density at radius 3 is 2.91 bits per heavy atom. The number of aryl methyl sites for hydroxylation is 1. The first-order chi connectivity index (χ1) is 10.8. The molecular weight excluding hydrogens is 294 g/mol. The fourth-order valence-electron chi connectivity index (χ4n) is 2.57. The van der Waals surface area contributed by atoms with Crippen LogP contribution in [0.25, 0.3) is 11.0 Å². The van der Waals surface area contributed by atoms with E-state index in [0.29, 0.717) is 12.5 Å². The Labute approximate surface area is 134 Å². The molecular formula is C18H21NO2S. The third-order valence-electron chi connectivity index (χ3n) is 3.79. The summed E-state index contributed by atoms with van der Waals surface area (Å²) < 4.78 is 11.6. The van der Waals surface area contributed by atoms with Crippen LogP contribution in [0.2, 0.25) is 0 Å². The maximum Gasteiger partial charge on any atom is 0.175 e. The standard InChI is InChI=1S/C18H21NO2S/c1-13-6-7-17(22-13)15(8-10-19-2)12-21-16-5-3-4-14-9-11-20-18(14)16/h3-7,9,11,15,19H,8,10,12H2,1-2H3/t15-/m1/s1. The third kappa shape index (κ3) is 3.34. The van der Waals surface area contributed by atoms with Gasteiger partial charge in [-0.25, -0.2) is 0 Å². The van der Waals surface area contributed by atoms with Crippen molar-refractivity contribution in [2.45, 2.75) is 19.3 Å². The average Bonchev–Trinajstić information content (AvgIpc) is 3.16. The summed E-state index contributed by atoms with van der Waals surface area (Å²) in [6.45, 7) is 3.80. The van der Waals surface area contributed by atoms with Crippen LogP contribution in [0.4, 0.5) is 0 Å². The lowest BCUT2D eigenvalue weighted by Crippen LogP contribution is -2.16. The Morgan fingerprint density at radius 1 is 1.23 bits per heavy atom. The third-order valence-corrected chi connectivity index (χ3v) is 4.95. The zero-order valence-corrected chi connectivity index (χ0v) is 13.8. The Bertz CT molecular complexity index is 731. The van der Waals surface area contributed by atoms with E-state index >= 15 is 0 Å². The van der Waals surface area contributed by atoms with Gasteiger partial charge in [-0.3, -0.25) is 0 Å². The van der Waals surface area contributed by atoms with Crippen molar-refractivity contribution in [1.82, 2.24) is 5.32 Å². The number of hydrogen-bond donors (Lipinski definition) is 1. The number of thiophene rings is 1. The van der Waals surface area contributed by atoms with E-state index < -0.39 is 0 Å². The predicted octanol–water partition coefficient (Wildman–Crippen LogP) is 4.57. The summed E-state index contributed by atoms with van der Waals surface area (Å²) in [5.74, 6) is 1.22.